The van der Waals surface area contributed by atoms with E-state index in [2.05, 4.69) is 18.7 Å². The van der Waals surface area contributed by atoms with Gasteiger partial charge in [-0.25, -0.2) is 0 Å². The van der Waals surface area contributed by atoms with E-state index in [1.54, 1.807) is 6.92 Å². The van der Waals surface area contributed by atoms with Crippen molar-refractivity contribution in [3.63, 3.8) is 0 Å². The first-order chi connectivity index (χ1) is 8.34. The number of likely N-dealkylation sites (tertiary alicyclic amines) is 1. The normalized spacial score (nSPS) is 28.9. The number of piperidine rings is 1. The van der Waals surface area contributed by atoms with Gasteiger partial charge < -0.3 is 11.5 Å². The maximum absolute atomic E-state index is 11.1. The van der Waals surface area contributed by atoms with Gasteiger partial charge in [-0.05, 0) is 59.4 Å². The first-order valence-corrected chi connectivity index (χ1v) is 7.19. The van der Waals surface area contributed by atoms with Crippen molar-refractivity contribution in [1.82, 2.24) is 4.90 Å². The highest BCUT2D eigenvalue weighted by Gasteiger charge is 2.26. The van der Waals surface area contributed by atoms with Crippen molar-refractivity contribution >= 4 is 5.91 Å². The van der Waals surface area contributed by atoms with Crippen LogP contribution in [0.4, 0.5) is 0 Å². The number of nitrogens with zero attached hydrogens (tertiary/aromatic N) is 1. The lowest BCUT2D eigenvalue weighted by molar-refractivity contribution is -0.122. The summed E-state index contributed by atoms with van der Waals surface area (Å²) in [5.74, 6) is -0.401. The van der Waals surface area contributed by atoms with Crippen molar-refractivity contribution in [1.29, 1.82) is 0 Å². The monoisotopic (exact) mass is 255 g/mol. The Morgan fingerprint density at radius 3 is 2.33 bits per heavy atom. The number of carbonyl (C=O) groups is 1. The van der Waals surface area contributed by atoms with Gasteiger partial charge in [0.15, 0.2) is 0 Å². The Balaban J connectivity index is 2.27. The van der Waals surface area contributed by atoms with Crippen LogP contribution in [0.2, 0.25) is 0 Å². The molecule has 1 heterocycles. The Labute approximate surface area is 111 Å². The average Bonchev–Trinajstić information content (AvgIpc) is 2.27. The summed E-state index contributed by atoms with van der Waals surface area (Å²) in [7, 11) is 0. The molecule has 0 radical (unpaired) electrons. The minimum absolute atomic E-state index is 0.401. The van der Waals surface area contributed by atoms with E-state index in [0.717, 1.165) is 19.4 Å². The molecule has 4 nitrogen and oxygen atoms in total. The van der Waals surface area contributed by atoms with Gasteiger partial charge in [0.1, 0.15) is 0 Å². The summed E-state index contributed by atoms with van der Waals surface area (Å²) in [6, 6.07) is 1.38. The van der Waals surface area contributed by atoms with Gasteiger partial charge in [0.05, 0.1) is 5.54 Å². The maximum Gasteiger partial charge on any atom is 0.237 e. The number of amides is 1. The average molecular weight is 255 g/mol. The van der Waals surface area contributed by atoms with Gasteiger partial charge in [0.25, 0.3) is 0 Å². The molecule has 1 fully saturated rings. The second kappa shape index (κ2) is 6.53. The van der Waals surface area contributed by atoms with Gasteiger partial charge >= 0.3 is 0 Å². The summed E-state index contributed by atoms with van der Waals surface area (Å²) in [6.45, 7) is 7.46. The Morgan fingerprint density at radius 2 is 1.83 bits per heavy atom. The quantitative estimate of drug-likeness (QED) is 0.708. The van der Waals surface area contributed by atoms with Crippen LogP contribution >= 0.6 is 0 Å². The SMILES string of the molecule is CC1CCCC(C)N1CCCCC(C)(N)C(N)=O. The number of unbranched alkanes of at least 4 members (excludes halogenated alkanes) is 1. The molecular weight excluding hydrogens is 226 g/mol. The standard InChI is InChI=1S/C14H29N3O/c1-11-7-6-8-12(2)17(11)10-5-4-9-14(3,16)13(15)18/h11-12H,4-10,16H2,1-3H3,(H2,15,18). The molecule has 3 atom stereocenters. The predicted octanol–water partition coefficient (Wildman–Crippen LogP) is 1.62. The molecule has 0 aromatic carbocycles. The second-order valence-electron chi connectivity index (χ2n) is 6.11. The van der Waals surface area contributed by atoms with Gasteiger partial charge in [-0.3, -0.25) is 9.69 Å². The van der Waals surface area contributed by atoms with E-state index in [4.69, 9.17) is 11.5 Å². The molecule has 1 aliphatic heterocycles. The van der Waals surface area contributed by atoms with Crippen LogP contribution < -0.4 is 11.5 Å². The summed E-state index contributed by atoms with van der Waals surface area (Å²) < 4.78 is 0. The number of primary amides is 1. The molecule has 4 N–H and O–H groups in total. The highest BCUT2D eigenvalue weighted by atomic mass is 16.1. The van der Waals surface area contributed by atoms with Crippen LogP contribution in [-0.4, -0.2) is 35.0 Å². The van der Waals surface area contributed by atoms with Gasteiger partial charge in [-0.2, -0.15) is 0 Å². The van der Waals surface area contributed by atoms with E-state index in [0.29, 0.717) is 18.5 Å². The highest BCUT2D eigenvalue weighted by Crippen LogP contribution is 2.23. The molecule has 0 saturated carbocycles. The maximum atomic E-state index is 11.1. The third kappa shape index (κ3) is 4.25. The Hall–Kier alpha value is -0.610. The van der Waals surface area contributed by atoms with Crippen molar-refractivity contribution in [2.24, 2.45) is 11.5 Å². The Bertz CT molecular complexity index is 268. The number of nitrogens with two attached hydrogens (primary N) is 2. The minimum atomic E-state index is -0.848. The van der Waals surface area contributed by atoms with E-state index in [1.165, 1.54) is 19.3 Å². The van der Waals surface area contributed by atoms with Crippen molar-refractivity contribution < 1.29 is 4.79 Å². The van der Waals surface area contributed by atoms with E-state index in [-0.39, 0.29) is 0 Å². The smallest absolute Gasteiger partial charge is 0.237 e. The zero-order valence-electron chi connectivity index (χ0n) is 12.1. The Kier molecular flexibility index (Phi) is 5.60. The number of carbonyl (C=O) groups excluding carboxylic acids is 1. The first-order valence-electron chi connectivity index (χ1n) is 7.19. The van der Waals surface area contributed by atoms with Crippen molar-refractivity contribution in [2.75, 3.05) is 6.54 Å². The molecule has 1 saturated heterocycles. The fourth-order valence-corrected chi connectivity index (χ4v) is 2.83. The van der Waals surface area contributed by atoms with Crippen LogP contribution in [0.5, 0.6) is 0 Å². The van der Waals surface area contributed by atoms with Gasteiger partial charge in [-0.1, -0.05) is 6.42 Å². The summed E-state index contributed by atoms with van der Waals surface area (Å²) in [5.41, 5.74) is 10.3. The van der Waals surface area contributed by atoms with Gasteiger partial charge in [-0.15, -0.1) is 0 Å². The highest BCUT2D eigenvalue weighted by molar-refractivity contribution is 5.83. The third-order valence-corrected chi connectivity index (χ3v) is 4.30. The molecule has 0 spiro atoms. The van der Waals surface area contributed by atoms with E-state index in [9.17, 15) is 4.79 Å². The lowest BCUT2D eigenvalue weighted by Crippen LogP contribution is -2.49. The van der Waals surface area contributed by atoms with Crippen LogP contribution in [0, 0.1) is 0 Å². The van der Waals surface area contributed by atoms with E-state index in [1.807, 2.05) is 0 Å². The zero-order valence-corrected chi connectivity index (χ0v) is 12.1. The summed E-state index contributed by atoms with van der Waals surface area (Å²) >= 11 is 0. The first kappa shape index (κ1) is 15.4. The molecule has 4 heteroatoms. The molecule has 1 amide bonds. The summed E-state index contributed by atoms with van der Waals surface area (Å²) in [6.07, 6.45) is 6.70. The third-order valence-electron chi connectivity index (χ3n) is 4.30. The molecule has 106 valence electrons. The fourth-order valence-electron chi connectivity index (χ4n) is 2.83. The summed E-state index contributed by atoms with van der Waals surface area (Å²) in [4.78, 5) is 13.7. The topological polar surface area (TPSA) is 72.3 Å². The molecule has 0 aromatic rings. The molecule has 3 unspecified atom stereocenters. The number of hydrogen-bond donors (Lipinski definition) is 2. The van der Waals surface area contributed by atoms with Crippen LogP contribution in [0.15, 0.2) is 0 Å². The number of hydrogen-bond acceptors (Lipinski definition) is 3. The van der Waals surface area contributed by atoms with Crippen LogP contribution in [-0.2, 0) is 4.79 Å². The van der Waals surface area contributed by atoms with Gasteiger partial charge in [0, 0.05) is 12.1 Å². The number of rotatable bonds is 6. The zero-order chi connectivity index (χ0) is 13.8. The van der Waals surface area contributed by atoms with E-state index < -0.39 is 11.4 Å². The van der Waals surface area contributed by atoms with Crippen molar-refractivity contribution in [3.8, 4) is 0 Å². The van der Waals surface area contributed by atoms with Crippen molar-refractivity contribution in [2.45, 2.75) is 76.9 Å². The van der Waals surface area contributed by atoms with Crippen LogP contribution in [0.3, 0.4) is 0 Å². The Morgan fingerprint density at radius 1 is 1.28 bits per heavy atom. The molecule has 1 rings (SSSR count). The predicted molar refractivity (Wildman–Crippen MR) is 75.1 cm³/mol. The van der Waals surface area contributed by atoms with E-state index >= 15 is 0 Å². The molecule has 1 aliphatic rings. The van der Waals surface area contributed by atoms with Crippen molar-refractivity contribution in [3.05, 3.63) is 0 Å². The molecule has 0 aliphatic carbocycles. The fraction of sp³-hybridized carbons (Fsp3) is 0.929. The summed E-state index contributed by atoms with van der Waals surface area (Å²) in [5, 5.41) is 0. The molecule has 0 aromatic heterocycles. The largest absolute Gasteiger partial charge is 0.368 e. The lowest BCUT2D eigenvalue weighted by atomic mass is 9.94. The molecule has 0 bridgehead atoms. The molecule has 18 heavy (non-hydrogen) atoms. The lowest BCUT2D eigenvalue weighted by Gasteiger charge is -2.39. The van der Waals surface area contributed by atoms with Crippen LogP contribution in [0.1, 0.15) is 59.3 Å². The second-order valence-corrected chi connectivity index (χ2v) is 6.11. The van der Waals surface area contributed by atoms with Crippen LogP contribution in [0.25, 0.3) is 0 Å². The molecular formula is C14H29N3O. The minimum Gasteiger partial charge on any atom is -0.368 e. The van der Waals surface area contributed by atoms with Gasteiger partial charge in [0.2, 0.25) is 5.91 Å².